The average molecular weight is 239 g/mol. The van der Waals surface area contributed by atoms with Crippen molar-refractivity contribution in [2.24, 2.45) is 0 Å². The zero-order chi connectivity index (χ0) is 12.5. The van der Waals surface area contributed by atoms with E-state index in [1.165, 1.54) is 12.1 Å². The third-order valence-corrected chi connectivity index (χ3v) is 2.16. The van der Waals surface area contributed by atoms with Crippen molar-refractivity contribution in [3.63, 3.8) is 0 Å². The second-order valence-electron chi connectivity index (χ2n) is 3.46. The van der Waals surface area contributed by atoms with Gasteiger partial charge in [-0.1, -0.05) is 18.2 Å². The highest BCUT2D eigenvalue weighted by atomic mass is 19.4. The number of hydrogen-bond donors (Lipinski definition) is 1. The Kier molecular flexibility index (Phi) is 2.75. The first-order valence-electron chi connectivity index (χ1n) is 4.80. The number of phenols is 1. The van der Waals surface area contributed by atoms with E-state index in [1.54, 1.807) is 18.2 Å². The fourth-order valence-electron chi connectivity index (χ4n) is 1.42. The van der Waals surface area contributed by atoms with Gasteiger partial charge in [0, 0.05) is 11.5 Å². The lowest BCUT2D eigenvalue weighted by molar-refractivity contribution is -0.0790. The van der Waals surface area contributed by atoms with Gasteiger partial charge in [0.2, 0.25) is 0 Å². The van der Waals surface area contributed by atoms with Crippen molar-refractivity contribution >= 4 is 17.0 Å². The van der Waals surface area contributed by atoms with E-state index < -0.39 is 6.18 Å². The van der Waals surface area contributed by atoms with E-state index in [-0.39, 0.29) is 23.0 Å². The van der Waals surface area contributed by atoms with Crippen LogP contribution in [0.1, 0.15) is 5.69 Å². The number of rotatable bonds is 1. The molecule has 0 bridgehead atoms. The summed E-state index contributed by atoms with van der Waals surface area (Å²) in [6, 6.07) is 7.87. The largest absolute Gasteiger partial charge is 0.506 e. The Morgan fingerprint density at radius 1 is 1.12 bits per heavy atom. The molecule has 0 spiro atoms. The molecule has 0 aliphatic heterocycles. The van der Waals surface area contributed by atoms with Gasteiger partial charge >= 0.3 is 6.18 Å². The topological polar surface area (TPSA) is 33.1 Å². The first-order valence-corrected chi connectivity index (χ1v) is 4.80. The van der Waals surface area contributed by atoms with Gasteiger partial charge < -0.3 is 5.11 Å². The van der Waals surface area contributed by atoms with Gasteiger partial charge in [-0.25, -0.2) is 4.98 Å². The maximum atomic E-state index is 12.0. The minimum absolute atomic E-state index is 0.0511. The third-order valence-electron chi connectivity index (χ3n) is 2.16. The number of para-hydroxylation sites is 1. The molecular weight excluding hydrogens is 231 g/mol. The molecule has 1 N–H and O–H groups in total. The minimum Gasteiger partial charge on any atom is -0.506 e. The standard InChI is InChI=1S/C12H8F3NO/c13-12(14,15)7-6-9-5-4-8-2-1-3-10(17)11(8)16-9/h1-7,17H/b7-6+. The zero-order valence-electron chi connectivity index (χ0n) is 8.57. The van der Waals surface area contributed by atoms with Gasteiger partial charge in [-0.05, 0) is 18.2 Å². The van der Waals surface area contributed by atoms with Gasteiger partial charge in [-0.2, -0.15) is 13.2 Å². The van der Waals surface area contributed by atoms with Gasteiger partial charge in [0.15, 0.2) is 0 Å². The minimum atomic E-state index is -4.37. The normalized spacial score (nSPS) is 12.4. The predicted molar refractivity (Wildman–Crippen MR) is 58.5 cm³/mol. The fourth-order valence-corrected chi connectivity index (χ4v) is 1.42. The lowest BCUT2D eigenvalue weighted by Crippen LogP contribution is -2.00. The Morgan fingerprint density at radius 2 is 1.88 bits per heavy atom. The van der Waals surface area contributed by atoms with Crippen LogP contribution >= 0.6 is 0 Å². The number of aromatic hydroxyl groups is 1. The summed E-state index contributed by atoms with van der Waals surface area (Å²) in [5.74, 6) is -0.0511. The van der Waals surface area contributed by atoms with Crippen LogP contribution in [-0.2, 0) is 0 Å². The van der Waals surface area contributed by atoms with Gasteiger partial charge in [0.1, 0.15) is 11.3 Å². The smallest absolute Gasteiger partial charge is 0.409 e. The Morgan fingerprint density at radius 3 is 2.59 bits per heavy atom. The summed E-state index contributed by atoms with van der Waals surface area (Å²) < 4.78 is 35.9. The molecule has 0 aliphatic carbocycles. The number of pyridine rings is 1. The number of phenolic OH excluding ortho intramolecular Hbond substituents is 1. The Bertz CT molecular complexity index is 575. The van der Waals surface area contributed by atoms with Gasteiger partial charge in [-0.3, -0.25) is 0 Å². The van der Waals surface area contributed by atoms with Crippen LogP contribution in [0.4, 0.5) is 13.2 Å². The summed E-state index contributed by atoms with van der Waals surface area (Å²) in [4.78, 5) is 3.94. The molecule has 2 nitrogen and oxygen atoms in total. The lowest BCUT2D eigenvalue weighted by atomic mass is 10.2. The monoisotopic (exact) mass is 239 g/mol. The molecule has 17 heavy (non-hydrogen) atoms. The highest BCUT2D eigenvalue weighted by Gasteiger charge is 2.21. The number of alkyl halides is 3. The molecular formula is C12H8F3NO. The lowest BCUT2D eigenvalue weighted by Gasteiger charge is -2.02. The third kappa shape index (κ3) is 2.75. The van der Waals surface area contributed by atoms with Crippen LogP contribution in [0.5, 0.6) is 5.75 Å². The Labute approximate surface area is 95.0 Å². The van der Waals surface area contributed by atoms with E-state index >= 15 is 0 Å². The maximum absolute atomic E-state index is 12.0. The number of halogens is 3. The highest BCUT2D eigenvalue weighted by Crippen LogP contribution is 2.23. The molecule has 0 aliphatic rings. The first-order chi connectivity index (χ1) is 7.96. The van der Waals surface area contributed by atoms with E-state index in [4.69, 9.17) is 0 Å². The molecule has 0 fully saturated rings. The van der Waals surface area contributed by atoms with Gasteiger partial charge in [-0.15, -0.1) is 0 Å². The van der Waals surface area contributed by atoms with Gasteiger partial charge in [0.25, 0.3) is 0 Å². The van der Waals surface area contributed by atoms with Crippen molar-refractivity contribution in [1.82, 2.24) is 4.98 Å². The molecule has 0 saturated carbocycles. The number of allylic oxidation sites excluding steroid dienone is 1. The molecule has 0 amide bonds. The highest BCUT2D eigenvalue weighted by molar-refractivity contribution is 5.84. The number of hydrogen-bond acceptors (Lipinski definition) is 2. The van der Waals surface area contributed by atoms with Crippen molar-refractivity contribution in [2.45, 2.75) is 6.18 Å². The average Bonchev–Trinajstić information content (AvgIpc) is 2.26. The summed E-state index contributed by atoms with van der Waals surface area (Å²) in [5, 5.41) is 10.2. The van der Waals surface area contributed by atoms with Crippen LogP contribution in [-0.4, -0.2) is 16.3 Å². The molecule has 0 unspecified atom stereocenters. The summed E-state index contributed by atoms with van der Waals surface area (Å²) in [6.07, 6.45) is -3.39. The van der Waals surface area contributed by atoms with E-state index in [0.29, 0.717) is 5.39 Å². The van der Waals surface area contributed by atoms with E-state index in [2.05, 4.69) is 4.98 Å². The summed E-state index contributed by atoms with van der Waals surface area (Å²) in [6.45, 7) is 0. The molecule has 5 heteroatoms. The molecule has 0 atom stereocenters. The van der Waals surface area contributed by atoms with Crippen LogP contribution in [0.15, 0.2) is 36.4 Å². The molecule has 2 aromatic rings. The zero-order valence-corrected chi connectivity index (χ0v) is 8.57. The second-order valence-corrected chi connectivity index (χ2v) is 3.46. The molecule has 1 heterocycles. The van der Waals surface area contributed by atoms with Crippen LogP contribution < -0.4 is 0 Å². The number of benzene rings is 1. The van der Waals surface area contributed by atoms with E-state index in [0.717, 1.165) is 6.08 Å². The SMILES string of the molecule is Oc1cccc2ccc(/C=C/C(F)(F)F)nc12. The number of fused-ring (bicyclic) bond motifs is 1. The van der Waals surface area contributed by atoms with Crippen LogP contribution in [0.25, 0.3) is 17.0 Å². The quantitative estimate of drug-likeness (QED) is 0.825. The van der Waals surface area contributed by atoms with Crippen molar-refractivity contribution in [2.75, 3.05) is 0 Å². The van der Waals surface area contributed by atoms with Crippen LogP contribution in [0.3, 0.4) is 0 Å². The molecule has 1 aromatic carbocycles. The second kappa shape index (κ2) is 4.08. The molecule has 0 radical (unpaired) electrons. The molecule has 88 valence electrons. The predicted octanol–water partition coefficient (Wildman–Crippen LogP) is 3.52. The fraction of sp³-hybridized carbons (Fsp3) is 0.0833. The number of nitrogens with zero attached hydrogens (tertiary/aromatic N) is 1. The maximum Gasteiger partial charge on any atom is 0.409 e. The molecule has 2 rings (SSSR count). The van der Waals surface area contributed by atoms with Crippen molar-refractivity contribution in [3.8, 4) is 5.75 Å². The summed E-state index contributed by atoms with van der Waals surface area (Å²) in [5.41, 5.74) is 0.438. The molecule has 1 aromatic heterocycles. The Hall–Kier alpha value is -2.04. The van der Waals surface area contributed by atoms with E-state index in [1.807, 2.05) is 0 Å². The van der Waals surface area contributed by atoms with Crippen molar-refractivity contribution in [1.29, 1.82) is 0 Å². The van der Waals surface area contributed by atoms with Crippen molar-refractivity contribution < 1.29 is 18.3 Å². The Balaban J connectivity index is 2.45. The number of aromatic nitrogens is 1. The molecule has 0 saturated heterocycles. The first kappa shape index (κ1) is 11.4. The summed E-state index contributed by atoms with van der Waals surface area (Å²) in [7, 11) is 0. The summed E-state index contributed by atoms with van der Waals surface area (Å²) >= 11 is 0. The van der Waals surface area contributed by atoms with Gasteiger partial charge in [0.05, 0.1) is 5.69 Å². The van der Waals surface area contributed by atoms with E-state index in [9.17, 15) is 18.3 Å². The van der Waals surface area contributed by atoms with Crippen LogP contribution in [0, 0.1) is 0 Å². The van der Waals surface area contributed by atoms with Crippen molar-refractivity contribution in [3.05, 3.63) is 42.1 Å². The van der Waals surface area contributed by atoms with Crippen LogP contribution in [0.2, 0.25) is 0 Å².